The summed E-state index contributed by atoms with van der Waals surface area (Å²) in [6.45, 7) is 1.46. The largest absolute Gasteiger partial charge is 0.337 e. The average Bonchev–Trinajstić information content (AvgIpc) is 2.29. The molecular formula is C12H13BrClNO. The number of hydrogen-bond acceptors (Lipinski definition) is 1. The number of carbonyl (C=O) groups is 1. The third kappa shape index (κ3) is 2.58. The molecule has 1 heterocycles. The van der Waals surface area contributed by atoms with Crippen LogP contribution < -0.4 is 0 Å². The summed E-state index contributed by atoms with van der Waals surface area (Å²) in [5.41, 5.74) is 0.716. The van der Waals surface area contributed by atoms with Crippen LogP contribution in [0.2, 0.25) is 0 Å². The van der Waals surface area contributed by atoms with Crippen molar-refractivity contribution in [3.63, 3.8) is 0 Å². The minimum Gasteiger partial charge on any atom is -0.337 e. The van der Waals surface area contributed by atoms with Gasteiger partial charge in [0.1, 0.15) is 0 Å². The molecule has 1 aromatic carbocycles. The smallest absolute Gasteiger partial charge is 0.255 e. The summed E-state index contributed by atoms with van der Waals surface area (Å²) in [5, 5.41) is 0.0974. The van der Waals surface area contributed by atoms with Crippen molar-refractivity contribution in [2.45, 2.75) is 18.2 Å². The highest BCUT2D eigenvalue weighted by atomic mass is 79.9. The zero-order valence-electron chi connectivity index (χ0n) is 8.83. The topological polar surface area (TPSA) is 20.3 Å². The van der Waals surface area contributed by atoms with Crippen LogP contribution in [0.1, 0.15) is 23.2 Å². The van der Waals surface area contributed by atoms with E-state index >= 15 is 0 Å². The molecule has 0 aromatic heterocycles. The monoisotopic (exact) mass is 301 g/mol. The fourth-order valence-corrected chi connectivity index (χ4v) is 2.69. The normalized spacial score (nSPS) is 20.9. The molecule has 1 unspecified atom stereocenters. The molecule has 0 bridgehead atoms. The van der Waals surface area contributed by atoms with Gasteiger partial charge in [0.15, 0.2) is 0 Å². The van der Waals surface area contributed by atoms with Gasteiger partial charge in [-0.15, -0.1) is 11.6 Å². The molecule has 86 valence electrons. The van der Waals surface area contributed by atoms with Gasteiger partial charge in [-0.25, -0.2) is 0 Å². The second-order valence-electron chi connectivity index (χ2n) is 3.97. The highest BCUT2D eigenvalue weighted by Gasteiger charge is 2.23. The van der Waals surface area contributed by atoms with Crippen molar-refractivity contribution < 1.29 is 4.79 Å². The van der Waals surface area contributed by atoms with Gasteiger partial charge in [-0.1, -0.05) is 12.1 Å². The molecule has 2 nitrogen and oxygen atoms in total. The summed E-state index contributed by atoms with van der Waals surface area (Å²) < 4.78 is 0.844. The second kappa shape index (κ2) is 5.19. The minimum absolute atomic E-state index is 0.0674. The second-order valence-corrected chi connectivity index (χ2v) is 5.44. The zero-order valence-corrected chi connectivity index (χ0v) is 11.2. The fourth-order valence-electron chi connectivity index (χ4n) is 1.91. The van der Waals surface area contributed by atoms with E-state index < -0.39 is 0 Å². The van der Waals surface area contributed by atoms with E-state index in [-0.39, 0.29) is 11.3 Å². The van der Waals surface area contributed by atoms with Crippen LogP contribution in [0.3, 0.4) is 0 Å². The van der Waals surface area contributed by atoms with Crippen LogP contribution in [-0.2, 0) is 0 Å². The van der Waals surface area contributed by atoms with Crippen LogP contribution in [0.25, 0.3) is 0 Å². The van der Waals surface area contributed by atoms with E-state index in [1.54, 1.807) is 0 Å². The molecule has 0 spiro atoms. The SMILES string of the molecule is O=C(c1ccccc1Br)N1CCCC(Cl)C1. The quantitative estimate of drug-likeness (QED) is 0.729. The Morgan fingerprint density at radius 3 is 2.88 bits per heavy atom. The third-order valence-corrected chi connectivity index (χ3v) is 3.80. The molecule has 1 atom stereocenters. The number of halogens is 2. The number of carbonyl (C=O) groups excluding carboxylic acids is 1. The molecule has 4 heteroatoms. The molecule has 1 fully saturated rings. The fraction of sp³-hybridized carbons (Fsp3) is 0.417. The molecule has 0 saturated carbocycles. The van der Waals surface area contributed by atoms with Crippen molar-refractivity contribution in [3.05, 3.63) is 34.3 Å². The lowest BCUT2D eigenvalue weighted by molar-refractivity contribution is 0.0726. The van der Waals surface area contributed by atoms with E-state index in [2.05, 4.69) is 15.9 Å². The van der Waals surface area contributed by atoms with Crippen molar-refractivity contribution in [1.29, 1.82) is 0 Å². The van der Waals surface area contributed by atoms with Crippen molar-refractivity contribution in [2.75, 3.05) is 13.1 Å². The number of amides is 1. The Bertz CT molecular complexity index is 396. The van der Waals surface area contributed by atoms with E-state index in [4.69, 9.17) is 11.6 Å². The molecule has 1 amide bonds. The lowest BCUT2D eigenvalue weighted by Gasteiger charge is -2.30. The minimum atomic E-state index is 0.0674. The predicted octanol–water partition coefficient (Wildman–Crippen LogP) is 3.29. The van der Waals surface area contributed by atoms with Crippen molar-refractivity contribution in [2.24, 2.45) is 0 Å². The number of piperidine rings is 1. The number of hydrogen-bond donors (Lipinski definition) is 0. The van der Waals surface area contributed by atoms with Gasteiger partial charge in [-0.3, -0.25) is 4.79 Å². The number of benzene rings is 1. The van der Waals surface area contributed by atoms with Crippen LogP contribution in [0.4, 0.5) is 0 Å². The molecule has 0 radical (unpaired) electrons. The number of rotatable bonds is 1. The summed E-state index contributed by atoms with van der Waals surface area (Å²) >= 11 is 9.48. The zero-order chi connectivity index (χ0) is 11.5. The molecule has 1 saturated heterocycles. The molecule has 0 aliphatic carbocycles. The van der Waals surface area contributed by atoms with Gasteiger partial charge in [0.2, 0.25) is 0 Å². The summed E-state index contributed by atoms with van der Waals surface area (Å²) in [5.74, 6) is 0.0674. The predicted molar refractivity (Wildman–Crippen MR) is 68.9 cm³/mol. The molecule has 1 aliphatic rings. The lowest BCUT2D eigenvalue weighted by atomic mass is 10.1. The first-order chi connectivity index (χ1) is 7.68. The van der Waals surface area contributed by atoms with E-state index in [1.165, 1.54) is 0 Å². The van der Waals surface area contributed by atoms with Gasteiger partial charge in [0.25, 0.3) is 5.91 Å². The highest BCUT2D eigenvalue weighted by Crippen LogP contribution is 2.21. The molecule has 16 heavy (non-hydrogen) atoms. The first kappa shape index (κ1) is 11.9. The van der Waals surface area contributed by atoms with Gasteiger partial charge in [-0.05, 0) is 40.9 Å². The van der Waals surface area contributed by atoms with Crippen LogP contribution in [0, 0.1) is 0 Å². The van der Waals surface area contributed by atoms with Crippen LogP contribution in [-0.4, -0.2) is 29.3 Å². The van der Waals surface area contributed by atoms with Crippen molar-refractivity contribution >= 4 is 33.4 Å². The van der Waals surface area contributed by atoms with Crippen molar-refractivity contribution in [1.82, 2.24) is 4.90 Å². The first-order valence-electron chi connectivity index (χ1n) is 5.36. The Morgan fingerprint density at radius 2 is 2.19 bits per heavy atom. The maximum atomic E-state index is 12.2. The Balaban J connectivity index is 2.16. The lowest BCUT2D eigenvalue weighted by Crippen LogP contribution is -2.40. The molecular weight excluding hydrogens is 289 g/mol. The van der Waals surface area contributed by atoms with Crippen LogP contribution in [0.15, 0.2) is 28.7 Å². The highest BCUT2D eigenvalue weighted by molar-refractivity contribution is 9.10. The van der Waals surface area contributed by atoms with Gasteiger partial charge < -0.3 is 4.90 Å². The molecule has 1 aromatic rings. The standard InChI is InChI=1S/C12H13BrClNO/c13-11-6-2-1-5-10(11)12(16)15-7-3-4-9(14)8-15/h1-2,5-6,9H,3-4,7-8H2. The number of alkyl halides is 1. The number of nitrogens with zero attached hydrogens (tertiary/aromatic N) is 1. The Labute approximate surface area is 109 Å². The number of likely N-dealkylation sites (tertiary alicyclic amines) is 1. The Kier molecular flexibility index (Phi) is 3.87. The van der Waals surface area contributed by atoms with Crippen LogP contribution in [0.5, 0.6) is 0 Å². The van der Waals surface area contributed by atoms with E-state index in [1.807, 2.05) is 29.2 Å². The third-order valence-electron chi connectivity index (χ3n) is 2.76. The van der Waals surface area contributed by atoms with Crippen LogP contribution >= 0.6 is 27.5 Å². The maximum Gasteiger partial charge on any atom is 0.255 e. The van der Waals surface area contributed by atoms with E-state index in [9.17, 15) is 4.79 Å². The summed E-state index contributed by atoms with van der Waals surface area (Å²) in [4.78, 5) is 14.0. The first-order valence-corrected chi connectivity index (χ1v) is 6.59. The van der Waals surface area contributed by atoms with Crippen molar-refractivity contribution in [3.8, 4) is 0 Å². The molecule has 0 N–H and O–H groups in total. The van der Waals surface area contributed by atoms with Gasteiger partial charge >= 0.3 is 0 Å². The summed E-state index contributed by atoms with van der Waals surface area (Å²) in [6, 6.07) is 7.50. The van der Waals surface area contributed by atoms with Gasteiger partial charge in [0, 0.05) is 17.6 Å². The maximum absolute atomic E-state index is 12.2. The van der Waals surface area contributed by atoms with E-state index in [0.29, 0.717) is 12.1 Å². The van der Waals surface area contributed by atoms with Gasteiger partial charge in [0.05, 0.1) is 10.9 Å². The average molecular weight is 303 g/mol. The van der Waals surface area contributed by atoms with Gasteiger partial charge in [-0.2, -0.15) is 0 Å². The Morgan fingerprint density at radius 1 is 1.44 bits per heavy atom. The summed E-state index contributed by atoms with van der Waals surface area (Å²) in [7, 11) is 0. The molecule has 2 rings (SSSR count). The summed E-state index contributed by atoms with van der Waals surface area (Å²) in [6.07, 6.45) is 1.99. The van der Waals surface area contributed by atoms with E-state index in [0.717, 1.165) is 23.9 Å². The molecule has 1 aliphatic heterocycles. The Hall–Kier alpha value is -0.540.